The van der Waals surface area contributed by atoms with Crippen LogP contribution in [0.5, 0.6) is 5.75 Å². The maximum Gasteiger partial charge on any atom is 0.416 e. The fourth-order valence-electron chi connectivity index (χ4n) is 4.67. The molecule has 5 rings (SSSR count). The number of benzene rings is 3. The van der Waals surface area contributed by atoms with E-state index in [-0.39, 0.29) is 28.6 Å². The summed E-state index contributed by atoms with van der Waals surface area (Å²) in [6, 6.07) is 12.8. The van der Waals surface area contributed by atoms with E-state index < -0.39 is 38.6 Å². The highest BCUT2D eigenvalue weighted by atomic mass is 35.5. The predicted octanol–water partition coefficient (Wildman–Crippen LogP) is 7.30. The van der Waals surface area contributed by atoms with Gasteiger partial charge in [-0.25, -0.2) is 17.8 Å². The second-order valence-electron chi connectivity index (χ2n) is 9.54. The van der Waals surface area contributed by atoms with E-state index in [9.17, 15) is 26.0 Å². The van der Waals surface area contributed by atoms with Crippen LogP contribution in [0.2, 0.25) is 5.02 Å². The highest BCUT2D eigenvalue weighted by Gasteiger charge is 2.37. The number of imidazole rings is 1. The molecule has 0 fully saturated rings. The minimum Gasteiger partial charge on any atom is -0.486 e. The molecule has 1 aromatic heterocycles. The van der Waals surface area contributed by atoms with Crippen molar-refractivity contribution in [3.63, 3.8) is 0 Å². The van der Waals surface area contributed by atoms with E-state index in [2.05, 4.69) is 4.98 Å². The van der Waals surface area contributed by atoms with Crippen molar-refractivity contribution < 1.29 is 30.7 Å². The minimum absolute atomic E-state index is 0.133. The molecular formula is C29H24ClF4N3O3S. The van der Waals surface area contributed by atoms with Crippen LogP contribution in [0.3, 0.4) is 0 Å². The van der Waals surface area contributed by atoms with Crippen molar-refractivity contribution >= 4 is 39.0 Å². The topological polar surface area (TPSA) is 64.4 Å². The minimum atomic E-state index is -4.72. The summed E-state index contributed by atoms with van der Waals surface area (Å²) in [6.45, 7) is 2.02. The lowest BCUT2D eigenvalue weighted by Crippen LogP contribution is -2.44. The first-order valence-electron chi connectivity index (χ1n) is 12.5. The van der Waals surface area contributed by atoms with Crippen molar-refractivity contribution in [3.8, 4) is 5.75 Å². The van der Waals surface area contributed by atoms with Crippen molar-refractivity contribution in [3.05, 3.63) is 107 Å². The van der Waals surface area contributed by atoms with E-state index in [0.717, 1.165) is 22.5 Å². The number of aryl methyl sites for hydroxylation is 1. The van der Waals surface area contributed by atoms with Crippen LogP contribution in [0.1, 0.15) is 30.0 Å². The van der Waals surface area contributed by atoms with Crippen LogP contribution in [0.4, 0.5) is 23.2 Å². The Labute approximate surface area is 239 Å². The fraction of sp³-hybridized carbons (Fsp3) is 0.207. The Morgan fingerprint density at radius 3 is 2.63 bits per heavy atom. The number of halogens is 5. The third-order valence-electron chi connectivity index (χ3n) is 6.67. The summed E-state index contributed by atoms with van der Waals surface area (Å²) < 4.78 is 91.5. The van der Waals surface area contributed by atoms with E-state index in [1.54, 1.807) is 56.0 Å². The van der Waals surface area contributed by atoms with Gasteiger partial charge in [-0.2, -0.15) is 13.2 Å². The zero-order chi connectivity index (χ0) is 29.4. The summed E-state index contributed by atoms with van der Waals surface area (Å²) in [5.74, 6) is -0.261. The normalized spacial score (nSPS) is 15.9. The number of hydrogen-bond donors (Lipinski definition) is 0. The number of alkyl halides is 3. The van der Waals surface area contributed by atoms with Crippen LogP contribution in [0.15, 0.2) is 84.3 Å². The molecule has 1 atom stereocenters. The van der Waals surface area contributed by atoms with Gasteiger partial charge in [0.2, 0.25) is 0 Å². The number of hydrogen-bond acceptors (Lipinski definition) is 4. The number of ether oxygens (including phenoxy) is 1. The average molecular weight is 606 g/mol. The first kappa shape index (κ1) is 28.7. The average Bonchev–Trinajstić information content (AvgIpc) is 3.45. The van der Waals surface area contributed by atoms with Crippen LogP contribution in [0, 0.1) is 5.82 Å². The van der Waals surface area contributed by atoms with Gasteiger partial charge in [0.25, 0.3) is 10.0 Å². The van der Waals surface area contributed by atoms with E-state index in [1.807, 2.05) is 4.57 Å². The molecule has 4 aromatic rings. The van der Waals surface area contributed by atoms with Gasteiger partial charge in [-0.15, -0.1) is 0 Å². The Bertz CT molecular complexity index is 1690. The third kappa shape index (κ3) is 6.11. The van der Waals surface area contributed by atoms with Gasteiger partial charge in [0.15, 0.2) is 0 Å². The van der Waals surface area contributed by atoms with Crippen molar-refractivity contribution in [2.24, 2.45) is 0 Å². The Morgan fingerprint density at radius 2 is 1.93 bits per heavy atom. The van der Waals surface area contributed by atoms with E-state index in [0.29, 0.717) is 30.2 Å². The highest BCUT2D eigenvalue weighted by molar-refractivity contribution is 7.92. The Morgan fingerprint density at radius 1 is 1.15 bits per heavy atom. The van der Waals surface area contributed by atoms with Gasteiger partial charge in [0.05, 0.1) is 34.0 Å². The van der Waals surface area contributed by atoms with Gasteiger partial charge < -0.3 is 9.30 Å². The molecule has 0 radical (unpaired) electrons. The van der Waals surface area contributed by atoms with Gasteiger partial charge >= 0.3 is 6.18 Å². The first-order valence-corrected chi connectivity index (χ1v) is 14.3. The maximum atomic E-state index is 14.5. The van der Waals surface area contributed by atoms with Gasteiger partial charge in [0.1, 0.15) is 17.7 Å². The number of aromatic nitrogens is 2. The van der Waals surface area contributed by atoms with Crippen LogP contribution >= 0.6 is 11.6 Å². The van der Waals surface area contributed by atoms with Gasteiger partial charge in [-0.05, 0) is 60.5 Å². The lowest BCUT2D eigenvalue weighted by molar-refractivity contribution is -0.137. The Balaban J connectivity index is 1.56. The monoisotopic (exact) mass is 605 g/mol. The van der Waals surface area contributed by atoms with Crippen molar-refractivity contribution in [2.45, 2.75) is 37.1 Å². The van der Waals surface area contributed by atoms with Crippen LogP contribution in [-0.2, 0) is 22.7 Å². The number of anilines is 1. The predicted molar refractivity (Wildman–Crippen MR) is 149 cm³/mol. The van der Waals surface area contributed by atoms with Crippen LogP contribution in [-0.4, -0.2) is 30.6 Å². The molecule has 0 aliphatic carbocycles. The molecule has 1 aliphatic heterocycles. The van der Waals surface area contributed by atoms with E-state index >= 15 is 0 Å². The van der Waals surface area contributed by atoms with Crippen LogP contribution < -0.4 is 9.04 Å². The molecule has 3 aromatic carbocycles. The Kier molecular flexibility index (Phi) is 7.85. The first-order chi connectivity index (χ1) is 19.4. The quantitative estimate of drug-likeness (QED) is 0.164. The third-order valence-corrected chi connectivity index (χ3v) is 8.76. The lowest BCUT2D eigenvalue weighted by Gasteiger charge is -2.36. The number of sulfonamides is 1. The van der Waals surface area contributed by atoms with Crippen LogP contribution in [0.25, 0.3) is 11.6 Å². The number of rotatable bonds is 7. The molecular weight excluding hydrogens is 582 g/mol. The molecule has 0 saturated carbocycles. The summed E-state index contributed by atoms with van der Waals surface area (Å²) in [5, 5.41) is 0.217. The molecule has 0 N–H and O–H groups in total. The molecule has 1 aliphatic rings. The van der Waals surface area contributed by atoms with E-state index in [4.69, 9.17) is 16.3 Å². The zero-order valence-electron chi connectivity index (χ0n) is 21.6. The summed E-state index contributed by atoms with van der Waals surface area (Å²) in [6.07, 6.45) is 1.75. The largest absolute Gasteiger partial charge is 0.486 e. The standard InChI is InChI=1S/C29H24ClF4N3O3S/c1-19(28-24(30)6-3-7-25(28)31)14-20-8-9-27-26(15-20)37(17-22(40-27)10-12-36-13-11-35-18-36)41(38,39)23-5-2-4-21(16-23)29(32,33)34/h2-9,11,13-16,18,22H,10,12,17H2,1H3. The maximum absolute atomic E-state index is 14.5. The molecule has 1 unspecified atom stereocenters. The smallest absolute Gasteiger partial charge is 0.416 e. The van der Waals surface area contributed by atoms with E-state index in [1.165, 1.54) is 12.1 Å². The fourth-order valence-corrected chi connectivity index (χ4v) is 6.52. The Hall–Kier alpha value is -3.83. The highest BCUT2D eigenvalue weighted by Crippen LogP contribution is 2.40. The molecule has 2 heterocycles. The van der Waals surface area contributed by atoms with Gasteiger partial charge in [0, 0.05) is 30.9 Å². The number of allylic oxidation sites excluding steroid dienone is 1. The molecule has 0 spiro atoms. The van der Waals surface area contributed by atoms with Crippen molar-refractivity contribution in [2.75, 3.05) is 10.8 Å². The second kappa shape index (κ2) is 11.2. The summed E-state index contributed by atoms with van der Waals surface area (Å²) in [7, 11) is -4.44. The summed E-state index contributed by atoms with van der Waals surface area (Å²) >= 11 is 6.21. The summed E-state index contributed by atoms with van der Waals surface area (Å²) in [4.78, 5) is 3.50. The second-order valence-corrected chi connectivity index (χ2v) is 11.8. The SMILES string of the molecule is CC(=Cc1ccc2c(c1)N(S(=O)(=O)c1cccc(C(F)(F)F)c1)CC(CCn1ccnc1)O2)c1c(F)cccc1Cl. The van der Waals surface area contributed by atoms with Gasteiger partial charge in [-0.1, -0.05) is 35.9 Å². The van der Waals surface area contributed by atoms with Crippen molar-refractivity contribution in [1.29, 1.82) is 0 Å². The molecule has 0 bridgehead atoms. The lowest BCUT2D eigenvalue weighted by atomic mass is 10.0. The molecule has 41 heavy (non-hydrogen) atoms. The number of fused-ring (bicyclic) bond motifs is 1. The molecule has 0 saturated heterocycles. The molecule has 0 amide bonds. The van der Waals surface area contributed by atoms with Crippen molar-refractivity contribution in [1.82, 2.24) is 9.55 Å². The summed E-state index contributed by atoms with van der Waals surface area (Å²) in [5.41, 5.74) is 0.303. The molecule has 214 valence electrons. The molecule has 12 heteroatoms. The van der Waals surface area contributed by atoms with Gasteiger partial charge in [-0.3, -0.25) is 4.31 Å². The zero-order valence-corrected chi connectivity index (χ0v) is 23.2. The molecule has 6 nitrogen and oxygen atoms in total. The number of nitrogens with zero attached hydrogens (tertiary/aromatic N) is 3.